The molecule has 1 aliphatic heterocycles. The SMILES string of the molecule is CC1Cc2cc(C(C)C)cc(N)c2O1. The summed E-state index contributed by atoms with van der Waals surface area (Å²) in [5, 5.41) is 0. The molecular weight excluding hydrogens is 174 g/mol. The standard InChI is InChI=1S/C12H17NO/c1-7(2)9-5-10-4-8(3)14-12(10)11(13)6-9/h5-8H,4,13H2,1-3H3. The molecule has 2 heteroatoms. The minimum atomic E-state index is 0.273. The smallest absolute Gasteiger partial charge is 0.145 e. The van der Waals surface area contributed by atoms with Crippen molar-refractivity contribution < 1.29 is 4.74 Å². The van der Waals surface area contributed by atoms with Gasteiger partial charge in [-0.25, -0.2) is 0 Å². The summed E-state index contributed by atoms with van der Waals surface area (Å²) in [6, 6.07) is 4.25. The lowest BCUT2D eigenvalue weighted by molar-refractivity contribution is 0.256. The van der Waals surface area contributed by atoms with Crippen molar-refractivity contribution in [2.24, 2.45) is 0 Å². The van der Waals surface area contributed by atoms with Crippen LogP contribution in [0.3, 0.4) is 0 Å². The Morgan fingerprint density at radius 2 is 2.14 bits per heavy atom. The van der Waals surface area contributed by atoms with Crippen molar-refractivity contribution in [2.75, 3.05) is 5.73 Å². The Kier molecular flexibility index (Phi) is 2.14. The molecule has 0 radical (unpaired) electrons. The molecule has 1 heterocycles. The maximum Gasteiger partial charge on any atom is 0.145 e. The lowest BCUT2D eigenvalue weighted by Gasteiger charge is -2.10. The summed E-state index contributed by atoms with van der Waals surface area (Å²) in [5.41, 5.74) is 9.30. The van der Waals surface area contributed by atoms with E-state index in [0.29, 0.717) is 5.92 Å². The number of hydrogen-bond donors (Lipinski definition) is 1. The van der Waals surface area contributed by atoms with Gasteiger partial charge in [-0.1, -0.05) is 19.9 Å². The van der Waals surface area contributed by atoms with Crippen molar-refractivity contribution in [1.82, 2.24) is 0 Å². The van der Waals surface area contributed by atoms with Crippen molar-refractivity contribution in [1.29, 1.82) is 0 Å². The Hall–Kier alpha value is -1.18. The molecule has 1 aromatic carbocycles. The predicted octanol–water partition coefficient (Wildman–Crippen LogP) is 2.72. The second kappa shape index (κ2) is 3.19. The highest BCUT2D eigenvalue weighted by Gasteiger charge is 2.22. The van der Waals surface area contributed by atoms with Crippen LogP contribution in [0.5, 0.6) is 5.75 Å². The average molecular weight is 191 g/mol. The van der Waals surface area contributed by atoms with Gasteiger partial charge in [-0.05, 0) is 24.5 Å². The minimum absolute atomic E-state index is 0.273. The van der Waals surface area contributed by atoms with E-state index in [-0.39, 0.29) is 6.10 Å². The Labute approximate surface area is 85.1 Å². The summed E-state index contributed by atoms with van der Waals surface area (Å²) < 4.78 is 5.65. The lowest BCUT2D eigenvalue weighted by atomic mass is 9.98. The van der Waals surface area contributed by atoms with E-state index in [0.717, 1.165) is 17.9 Å². The molecule has 2 nitrogen and oxygen atoms in total. The summed E-state index contributed by atoms with van der Waals surface area (Å²) in [7, 11) is 0. The molecule has 0 bridgehead atoms. The number of benzene rings is 1. The summed E-state index contributed by atoms with van der Waals surface area (Å²) in [6.45, 7) is 6.44. The number of rotatable bonds is 1. The number of fused-ring (bicyclic) bond motifs is 1. The first kappa shape index (κ1) is 9.38. The fourth-order valence-corrected chi connectivity index (χ4v) is 1.92. The zero-order valence-corrected chi connectivity index (χ0v) is 9.00. The molecule has 1 aliphatic rings. The molecule has 0 aromatic heterocycles. The molecule has 0 fully saturated rings. The number of ether oxygens (including phenoxy) is 1. The molecule has 2 N–H and O–H groups in total. The van der Waals surface area contributed by atoms with E-state index < -0.39 is 0 Å². The van der Waals surface area contributed by atoms with Crippen LogP contribution in [0.4, 0.5) is 5.69 Å². The van der Waals surface area contributed by atoms with Gasteiger partial charge in [0.25, 0.3) is 0 Å². The van der Waals surface area contributed by atoms with Gasteiger partial charge in [0.15, 0.2) is 0 Å². The van der Waals surface area contributed by atoms with Crippen molar-refractivity contribution in [3.05, 3.63) is 23.3 Å². The topological polar surface area (TPSA) is 35.2 Å². The van der Waals surface area contributed by atoms with E-state index in [4.69, 9.17) is 10.5 Å². The molecule has 0 saturated heterocycles. The van der Waals surface area contributed by atoms with Crippen LogP contribution in [0.25, 0.3) is 0 Å². The second-order valence-corrected chi connectivity index (χ2v) is 4.39. The summed E-state index contributed by atoms with van der Waals surface area (Å²) in [6.07, 6.45) is 1.26. The van der Waals surface area contributed by atoms with Crippen LogP contribution in [0.1, 0.15) is 37.8 Å². The molecule has 0 amide bonds. The Morgan fingerprint density at radius 3 is 2.79 bits per heavy atom. The van der Waals surface area contributed by atoms with Crippen molar-refractivity contribution in [3.8, 4) is 5.75 Å². The molecule has 1 aromatic rings. The van der Waals surface area contributed by atoms with Gasteiger partial charge in [0.1, 0.15) is 11.9 Å². The molecule has 0 spiro atoms. The first-order chi connectivity index (χ1) is 6.58. The van der Waals surface area contributed by atoms with Gasteiger partial charge in [0, 0.05) is 12.0 Å². The monoisotopic (exact) mass is 191 g/mol. The Bertz CT molecular complexity index is 358. The van der Waals surface area contributed by atoms with Gasteiger partial charge in [0.2, 0.25) is 0 Å². The lowest BCUT2D eigenvalue weighted by Crippen LogP contribution is -2.05. The molecule has 0 saturated carbocycles. The van der Waals surface area contributed by atoms with E-state index >= 15 is 0 Å². The van der Waals surface area contributed by atoms with Crippen molar-refractivity contribution in [3.63, 3.8) is 0 Å². The van der Waals surface area contributed by atoms with Gasteiger partial charge >= 0.3 is 0 Å². The molecule has 0 aliphatic carbocycles. The quantitative estimate of drug-likeness (QED) is 0.693. The van der Waals surface area contributed by atoms with Crippen LogP contribution in [-0.2, 0) is 6.42 Å². The first-order valence-electron chi connectivity index (χ1n) is 5.17. The van der Waals surface area contributed by atoms with Gasteiger partial charge in [-0.15, -0.1) is 0 Å². The number of nitrogen functional groups attached to an aromatic ring is 1. The molecule has 76 valence electrons. The maximum atomic E-state index is 5.95. The third kappa shape index (κ3) is 1.45. The van der Waals surface area contributed by atoms with Gasteiger partial charge in [0.05, 0.1) is 5.69 Å². The normalized spacial score (nSPS) is 19.6. The third-order valence-corrected chi connectivity index (χ3v) is 2.71. The van der Waals surface area contributed by atoms with Crippen LogP contribution in [0.15, 0.2) is 12.1 Å². The molecular formula is C12H17NO. The van der Waals surface area contributed by atoms with Crippen LogP contribution >= 0.6 is 0 Å². The number of anilines is 1. The van der Waals surface area contributed by atoms with E-state index in [1.54, 1.807) is 0 Å². The van der Waals surface area contributed by atoms with E-state index in [9.17, 15) is 0 Å². The zero-order chi connectivity index (χ0) is 10.3. The minimum Gasteiger partial charge on any atom is -0.488 e. The first-order valence-corrected chi connectivity index (χ1v) is 5.17. The second-order valence-electron chi connectivity index (χ2n) is 4.39. The van der Waals surface area contributed by atoms with Gasteiger partial charge in [-0.3, -0.25) is 0 Å². The fraction of sp³-hybridized carbons (Fsp3) is 0.500. The Balaban J connectivity index is 2.46. The van der Waals surface area contributed by atoms with Gasteiger partial charge < -0.3 is 10.5 Å². The molecule has 1 atom stereocenters. The van der Waals surface area contributed by atoms with Gasteiger partial charge in [-0.2, -0.15) is 0 Å². The van der Waals surface area contributed by atoms with Crippen LogP contribution < -0.4 is 10.5 Å². The van der Waals surface area contributed by atoms with Crippen LogP contribution in [0.2, 0.25) is 0 Å². The highest BCUT2D eigenvalue weighted by Crippen LogP contribution is 2.37. The zero-order valence-electron chi connectivity index (χ0n) is 9.00. The Morgan fingerprint density at radius 1 is 1.43 bits per heavy atom. The summed E-state index contributed by atoms with van der Waals surface area (Å²) >= 11 is 0. The highest BCUT2D eigenvalue weighted by atomic mass is 16.5. The highest BCUT2D eigenvalue weighted by molar-refractivity contribution is 5.61. The molecule has 14 heavy (non-hydrogen) atoms. The molecule has 1 unspecified atom stereocenters. The van der Waals surface area contributed by atoms with Crippen LogP contribution in [0, 0.1) is 0 Å². The average Bonchev–Trinajstić information content (AvgIpc) is 2.45. The fourth-order valence-electron chi connectivity index (χ4n) is 1.92. The van der Waals surface area contributed by atoms with E-state index in [1.165, 1.54) is 11.1 Å². The van der Waals surface area contributed by atoms with Crippen LogP contribution in [-0.4, -0.2) is 6.10 Å². The van der Waals surface area contributed by atoms with E-state index in [1.807, 2.05) is 6.07 Å². The number of hydrogen-bond acceptors (Lipinski definition) is 2. The maximum absolute atomic E-state index is 5.95. The van der Waals surface area contributed by atoms with E-state index in [2.05, 4.69) is 26.8 Å². The third-order valence-electron chi connectivity index (χ3n) is 2.71. The largest absolute Gasteiger partial charge is 0.488 e. The summed E-state index contributed by atoms with van der Waals surface area (Å²) in [5.74, 6) is 1.43. The number of nitrogens with two attached hydrogens (primary N) is 1. The van der Waals surface area contributed by atoms with Crippen molar-refractivity contribution >= 4 is 5.69 Å². The van der Waals surface area contributed by atoms with Crippen molar-refractivity contribution in [2.45, 2.75) is 39.2 Å². The molecule has 2 rings (SSSR count). The summed E-state index contributed by atoms with van der Waals surface area (Å²) in [4.78, 5) is 0. The predicted molar refractivity (Wildman–Crippen MR) is 58.7 cm³/mol.